The number of aromatic nitrogens is 1. The Morgan fingerprint density at radius 3 is 2.76 bits per heavy atom. The van der Waals surface area contributed by atoms with Crippen molar-refractivity contribution in [2.45, 2.75) is 25.8 Å². The van der Waals surface area contributed by atoms with Gasteiger partial charge in [0.15, 0.2) is 0 Å². The molecule has 0 aliphatic carbocycles. The first-order valence-electron chi connectivity index (χ1n) is 6.99. The summed E-state index contributed by atoms with van der Waals surface area (Å²) >= 11 is 1.55. The fourth-order valence-electron chi connectivity index (χ4n) is 2.16. The second kappa shape index (κ2) is 6.83. The Bertz CT molecular complexity index is 593. The van der Waals surface area contributed by atoms with Gasteiger partial charge in [-0.15, -0.1) is 11.3 Å². The number of nitrogens with zero attached hydrogens (tertiary/aromatic N) is 1. The number of carbonyl (C=O) groups excluding carboxylic acids is 1. The van der Waals surface area contributed by atoms with Gasteiger partial charge in [0.2, 0.25) is 0 Å². The predicted octanol–water partition coefficient (Wildman–Crippen LogP) is 2.57. The minimum Gasteiger partial charge on any atom is -0.341 e. The number of likely N-dealkylation sites (N-methyl/N-ethyl adjacent to an activating group) is 1. The molecule has 0 aliphatic heterocycles. The summed E-state index contributed by atoms with van der Waals surface area (Å²) < 4.78 is 0. The summed E-state index contributed by atoms with van der Waals surface area (Å²) in [5.74, 6) is -0.0538. The molecular weight excluding hydrogens is 282 g/mol. The Balaban J connectivity index is 2.17. The van der Waals surface area contributed by atoms with Gasteiger partial charge in [-0.1, -0.05) is 18.2 Å². The third-order valence-electron chi connectivity index (χ3n) is 3.30. The van der Waals surface area contributed by atoms with Crippen LogP contribution in [0, 0.1) is 0 Å². The molecule has 0 fully saturated rings. The molecule has 1 aromatic heterocycles. The Labute approximate surface area is 129 Å². The fraction of sp³-hybridized carbons (Fsp3) is 0.375. The molecule has 0 saturated carbocycles. The minimum absolute atomic E-state index is 0.0538. The van der Waals surface area contributed by atoms with Crippen molar-refractivity contribution in [3.05, 3.63) is 52.0 Å². The number of benzene rings is 1. The van der Waals surface area contributed by atoms with E-state index >= 15 is 0 Å². The molecule has 112 valence electrons. The van der Waals surface area contributed by atoms with Crippen LogP contribution in [0.5, 0.6) is 0 Å². The van der Waals surface area contributed by atoms with E-state index in [2.05, 4.69) is 15.6 Å². The average molecular weight is 303 g/mol. The lowest BCUT2D eigenvalue weighted by Crippen LogP contribution is -2.41. The van der Waals surface area contributed by atoms with Crippen molar-refractivity contribution in [1.29, 1.82) is 0 Å². The van der Waals surface area contributed by atoms with Gasteiger partial charge in [-0.25, -0.2) is 4.98 Å². The average Bonchev–Trinajstić information content (AvgIpc) is 3.00. The standard InChI is InChI=1S/C16H21N3OS/c1-16(2,15-18-10-11-21-15)19-14(20)13-7-5-4-6-12(13)8-9-17-3/h4-7,10-11,17H,8-9H2,1-3H3,(H,19,20). The monoisotopic (exact) mass is 303 g/mol. The van der Waals surface area contributed by atoms with E-state index in [0.29, 0.717) is 0 Å². The Kier molecular flexibility index (Phi) is 5.09. The van der Waals surface area contributed by atoms with Gasteiger partial charge in [-0.3, -0.25) is 4.79 Å². The van der Waals surface area contributed by atoms with E-state index in [1.54, 1.807) is 17.5 Å². The zero-order valence-corrected chi connectivity index (χ0v) is 13.5. The van der Waals surface area contributed by atoms with E-state index in [1.165, 1.54) is 0 Å². The quantitative estimate of drug-likeness (QED) is 0.862. The molecule has 21 heavy (non-hydrogen) atoms. The zero-order valence-electron chi connectivity index (χ0n) is 12.6. The lowest BCUT2D eigenvalue weighted by molar-refractivity contribution is 0.0911. The maximum absolute atomic E-state index is 12.6. The van der Waals surface area contributed by atoms with Gasteiger partial charge in [0, 0.05) is 17.1 Å². The summed E-state index contributed by atoms with van der Waals surface area (Å²) in [6.45, 7) is 4.79. The summed E-state index contributed by atoms with van der Waals surface area (Å²) in [6, 6.07) is 7.74. The molecule has 0 spiro atoms. The number of amides is 1. The summed E-state index contributed by atoms with van der Waals surface area (Å²) in [6.07, 6.45) is 2.59. The zero-order chi connectivity index (χ0) is 15.3. The van der Waals surface area contributed by atoms with Crippen LogP contribution in [0.15, 0.2) is 35.8 Å². The lowest BCUT2D eigenvalue weighted by Gasteiger charge is -2.24. The minimum atomic E-state index is -0.471. The van der Waals surface area contributed by atoms with Gasteiger partial charge in [0.05, 0.1) is 5.54 Å². The van der Waals surface area contributed by atoms with Crippen LogP contribution in [0.4, 0.5) is 0 Å². The van der Waals surface area contributed by atoms with E-state index in [-0.39, 0.29) is 5.91 Å². The van der Waals surface area contributed by atoms with Crippen LogP contribution in [0.3, 0.4) is 0 Å². The van der Waals surface area contributed by atoms with Crippen LogP contribution in [0.1, 0.15) is 34.8 Å². The highest BCUT2D eigenvalue weighted by Crippen LogP contribution is 2.23. The normalized spacial score (nSPS) is 11.4. The molecule has 0 aliphatic rings. The molecule has 5 heteroatoms. The topological polar surface area (TPSA) is 54.0 Å². The first-order valence-corrected chi connectivity index (χ1v) is 7.87. The van der Waals surface area contributed by atoms with E-state index in [1.807, 2.05) is 50.5 Å². The molecule has 0 radical (unpaired) electrons. The van der Waals surface area contributed by atoms with Crippen LogP contribution in [-0.2, 0) is 12.0 Å². The first kappa shape index (κ1) is 15.7. The maximum atomic E-state index is 12.6. The summed E-state index contributed by atoms with van der Waals surface area (Å²) in [4.78, 5) is 16.9. The summed E-state index contributed by atoms with van der Waals surface area (Å²) in [5, 5.41) is 9.02. The number of carbonyl (C=O) groups is 1. The van der Waals surface area contributed by atoms with E-state index in [4.69, 9.17) is 0 Å². The van der Waals surface area contributed by atoms with Gasteiger partial charge in [-0.05, 0) is 45.5 Å². The SMILES string of the molecule is CNCCc1ccccc1C(=O)NC(C)(C)c1nccs1. The Morgan fingerprint density at radius 1 is 1.33 bits per heavy atom. The van der Waals surface area contributed by atoms with Gasteiger partial charge in [-0.2, -0.15) is 0 Å². The molecule has 1 heterocycles. The van der Waals surface area contributed by atoms with Gasteiger partial charge < -0.3 is 10.6 Å². The largest absolute Gasteiger partial charge is 0.341 e. The number of thiazole rings is 1. The molecule has 0 bridgehead atoms. The third-order valence-corrected chi connectivity index (χ3v) is 4.40. The van der Waals surface area contributed by atoms with Crippen molar-refractivity contribution in [3.8, 4) is 0 Å². The second-order valence-electron chi connectivity index (χ2n) is 5.43. The van der Waals surface area contributed by atoms with Crippen LogP contribution in [0.2, 0.25) is 0 Å². The van der Waals surface area contributed by atoms with Crippen molar-refractivity contribution < 1.29 is 4.79 Å². The molecule has 0 unspecified atom stereocenters. The Morgan fingerprint density at radius 2 is 2.10 bits per heavy atom. The van der Waals surface area contributed by atoms with Crippen molar-refractivity contribution in [1.82, 2.24) is 15.6 Å². The Hall–Kier alpha value is -1.72. The summed E-state index contributed by atoms with van der Waals surface area (Å²) in [5.41, 5.74) is 1.32. The highest BCUT2D eigenvalue weighted by molar-refractivity contribution is 7.09. The summed E-state index contributed by atoms with van der Waals surface area (Å²) in [7, 11) is 1.91. The van der Waals surface area contributed by atoms with Crippen molar-refractivity contribution in [2.75, 3.05) is 13.6 Å². The number of rotatable bonds is 6. The first-order chi connectivity index (χ1) is 10.0. The van der Waals surface area contributed by atoms with E-state index in [9.17, 15) is 4.79 Å². The molecule has 1 aromatic carbocycles. The molecule has 2 aromatic rings. The van der Waals surface area contributed by atoms with Gasteiger partial charge in [0.25, 0.3) is 5.91 Å². The smallest absolute Gasteiger partial charge is 0.252 e. The van der Waals surface area contributed by atoms with Crippen molar-refractivity contribution >= 4 is 17.2 Å². The van der Waals surface area contributed by atoms with E-state index in [0.717, 1.165) is 29.1 Å². The van der Waals surface area contributed by atoms with E-state index < -0.39 is 5.54 Å². The van der Waals surface area contributed by atoms with Crippen LogP contribution >= 0.6 is 11.3 Å². The highest BCUT2D eigenvalue weighted by atomic mass is 32.1. The molecule has 2 rings (SSSR count). The molecular formula is C16H21N3OS. The van der Waals surface area contributed by atoms with Crippen LogP contribution in [0.25, 0.3) is 0 Å². The van der Waals surface area contributed by atoms with Crippen molar-refractivity contribution in [2.24, 2.45) is 0 Å². The molecule has 0 atom stereocenters. The van der Waals surface area contributed by atoms with Crippen LogP contribution in [-0.4, -0.2) is 24.5 Å². The number of hydrogen-bond acceptors (Lipinski definition) is 4. The second-order valence-corrected chi connectivity index (χ2v) is 6.32. The van der Waals surface area contributed by atoms with Crippen molar-refractivity contribution in [3.63, 3.8) is 0 Å². The van der Waals surface area contributed by atoms with Crippen LogP contribution < -0.4 is 10.6 Å². The van der Waals surface area contributed by atoms with Gasteiger partial charge >= 0.3 is 0 Å². The maximum Gasteiger partial charge on any atom is 0.252 e. The lowest BCUT2D eigenvalue weighted by atomic mass is 10.0. The number of hydrogen-bond donors (Lipinski definition) is 2. The molecule has 1 amide bonds. The third kappa shape index (κ3) is 3.89. The van der Waals surface area contributed by atoms with Gasteiger partial charge in [0.1, 0.15) is 5.01 Å². The molecule has 0 saturated heterocycles. The molecule has 2 N–H and O–H groups in total. The fourth-order valence-corrected chi connectivity index (χ4v) is 2.87. The highest BCUT2D eigenvalue weighted by Gasteiger charge is 2.26. The predicted molar refractivity (Wildman–Crippen MR) is 86.7 cm³/mol. The number of nitrogens with one attached hydrogen (secondary N) is 2. The molecule has 4 nitrogen and oxygen atoms in total.